The molecular weight excluding hydrogens is 306 g/mol. The molecule has 2 aromatic carbocycles. The Morgan fingerprint density at radius 1 is 0.875 bits per heavy atom. The maximum absolute atomic E-state index is 5.48. The van der Waals surface area contributed by atoms with E-state index in [0.29, 0.717) is 34.6 Å². The summed E-state index contributed by atoms with van der Waals surface area (Å²) in [7, 11) is 4.80. The molecule has 3 aromatic rings. The summed E-state index contributed by atoms with van der Waals surface area (Å²) in [5.74, 6) is 3.23. The van der Waals surface area contributed by atoms with Crippen LogP contribution in [0.4, 0.5) is 11.5 Å². The van der Waals surface area contributed by atoms with Gasteiger partial charge in [0.15, 0.2) is 0 Å². The lowest BCUT2D eigenvalue weighted by atomic mass is 10.2. The molecule has 24 heavy (non-hydrogen) atoms. The third-order valence-corrected chi connectivity index (χ3v) is 3.67. The SMILES string of the molecule is COc1cc(OC)c(Nc2nc(C)nc3ccccc23)c(OC)c1. The molecule has 0 aliphatic heterocycles. The monoisotopic (exact) mass is 325 g/mol. The molecular formula is C18H19N3O3. The van der Waals surface area contributed by atoms with Crippen molar-refractivity contribution in [1.29, 1.82) is 0 Å². The number of fused-ring (bicyclic) bond motifs is 1. The van der Waals surface area contributed by atoms with Crippen molar-refractivity contribution in [2.24, 2.45) is 0 Å². The van der Waals surface area contributed by atoms with Crippen LogP contribution in [0.2, 0.25) is 0 Å². The first kappa shape index (κ1) is 15.9. The maximum Gasteiger partial charge on any atom is 0.149 e. The highest BCUT2D eigenvalue weighted by Gasteiger charge is 2.15. The molecule has 0 unspecified atom stereocenters. The Morgan fingerprint density at radius 2 is 1.54 bits per heavy atom. The average Bonchev–Trinajstić information content (AvgIpc) is 2.61. The second kappa shape index (κ2) is 6.62. The van der Waals surface area contributed by atoms with Crippen molar-refractivity contribution in [3.05, 3.63) is 42.2 Å². The Morgan fingerprint density at radius 3 is 2.17 bits per heavy atom. The minimum absolute atomic E-state index is 0.603. The predicted octanol–water partition coefficient (Wildman–Crippen LogP) is 3.71. The van der Waals surface area contributed by atoms with Crippen molar-refractivity contribution < 1.29 is 14.2 Å². The summed E-state index contributed by atoms with van der Waals surface area (Å²) in [6.07, 6.45) is 0. The van der Waals surface area contributed by atoms with Gasteiger partial charge in [-0.3, -0.25) is 0 Å². The Bertz CT molecular complexity index is 856. The molecule has 6 nitrogen and oxygen atoms in total. The molecule has 0 aliphatic carbocycles. The standard InChI is InChI=1S/C18H19N3O3/c1-11-19-14-8-6-5-7-13(14)18(20-11)21-17-15(23-3)9-12(22-2)10-16(17)24-4/h5-10H,1-4H3,(H,19,20,21). The Kier molecular flexibility index (Phi) is 4.37. The number of benzene rings is 2. The van der Waals surface area contributed by atoms with Gasteiger partial charge in [-0.1, -0.05) is 12.1 Å². The molecule has 0 fully saturated rings. The van der Waals surface area contributed by atoms with E-state index in [0.717, 1.165) is 10.9 Å². The molecule has 1 N–H and O–H groups in total. The first-order valence-electron chi connectivity index (χ1n) is 7.46. The zero-order valence-corrected chi connectivity index (χ0v) is 14.1. The number of para-hydroxylation sites is 1. The number of nitrogens with zero attached hydrogens (tertiary/aromatic N) is 2. The highest BCUT2D eigenvalue weighted by molar-refractivity contribution is 5.92. The minimum Gasteiger partial charge on any atom is -0.496 e. The van der Waals surface area contributed by atoms with Crippen LogP contribution >= 0.6 is 0 Å². The van der Waals surface area contributed by atoms with E-state index in [9.17, 15) is 0 Å². The predicted molar refractivity (Wildman–Crippen MR) is 93.7 cm³/mol. The molecule has 0 radical (unpaired) electrons. The number of anilines is 2. The van der Waals surface area contributed by atoms with E-state index < -0.39 is 0 Å². The van der Waals surface area contributed by atoms with E-state index in [-0.39, 0.29) is 0 Å². The van der Waals surface area contributed by atoms with Crippen LogP contribution in [-0.2, 0) is 0 Å². The van der Waals surface area contributed by atoms with Crippen molar-refractivity contribution in [3.8, 4) is 17.2 Å². The summed E-state index contributed by atoms with van der Waals surface area (Å²) in [6, 6.07) is 11.4. The van der Waals surface area contributed by atoms with Gasteiger partial charge >= 0.3 is 0 Å². The van der Waals surface area contributed by atoms with Crippen molar-refractivity contribution >= 4 is 22.4 Å². The molecule has 1 heterocycles. The minimum atomic E-state index is 0.603. The van der Waals surface area contributed by atoms with Crippen LogP contribution in [0.3, 0.4) is 0 Å². The second-order valence-corrected chi connectivity index (χ2v) is 5.17. The molecule has 124 valence electrons. The topological polar surface area (TPSA) is 65.5 Å². The molecule has 1 aromatic heterocycles. The van der Waals surface area contributed by atoms with Gasteiger partial charge in [0.2, 0.25) is 0 Å². The normalized spacial score (nSPS) is 10.5. The van der Waals surface area contributed by atoms with E-state index in [1.807, 2.05) is 31.2 Å². The van der Waals surface area contributed by atoms with Crippen LogP contribution in [0.15, 0.2) is 36.4 Å². The highest BCUT2D eigenvalue weighted by Crippen LogP contribution is 2.41. The quantitative estimate of drug-likeness (QED) is 0.771. The molecule has 6 heteroatoms. The van der Waals surface area contributed by atoms with Crippen molar-refractivity contribution in [2.45, 2.75) is 6.92 Å². The van der Waals surface area contributed by atoms with E-state index in [4.69, 9.17) is 14.2 Å². The summed E-state index contributed by atoms with van der Waals surface area (Å²) in [5, 5.41) is 4.24. The maximum atomic E-state index is 5.48. The second-order valence-electron chi connectivity index (χ2n) is 5.17. The fraction of sp³-hybridized carbons (Fsp3) is 0.222. The Balaban J connectivity index is 2.15. The van der Waals surface area contributed by atoms with E-state index in [2.05, 4.69) is 15.3 Å². The zero-order chi connectivity index (χ0) is 17.1. The largest absolute Gasteiger partial charge is 0.496 e. The molecule has 0 saturated heterocycles. The van der Waals surface area contributed by atoms with Crippen molar-refractivity contribution in [1.82, 2.24) is 9.97 Å². The van der Waals surface area contributed by atoms with Gasteiger partial charge in [0.05, 0.1) is 26.8 Å². The molecule has 0 amide bonds. The van der Waals surface area contributed by atoms with Gasteiger partial charge in [0, 0.05) is 17.5 Å². The van der Waals surface area contributed by atoms with Crippen molar-refractivity contribution in [2.75, 3.05) is 26.6 Å². The summed E-state index contributed by atoms with van der Waals surface area (Å²) in [6.45, 7) is 1.86. The molecule has 0 bridgehead atoms. The summed E-state index contributed by atoms with van der Waals surface area (Å²) in [5.41, 5.74) is 1.56. The number of methoxy groups -OCH3 is 3. The number of aromatic nitrogens is 2. The summed E-state index contributed by atoms with van der Waals surface area (Å²) >= 11 is 0. The average molecular weight is 325 g/mol. The summed E-state index contributed by atoms with van der Waals surface area (Å²) < 4.78 is 16.2. The molecule has 0 saturated carbocycles. The van der Waals surface area contributed by atoms with Crippen LogP contribution < -0.4 is 19.5 Å². The van der Waals surface area contributed by atoms with Crippen LogP contribution in [0.5, 0.6) is 17.2 Å². The first-order chi connectivity index (χ1) is 11.7. The lowest BCUT2D eigenvalue weighted by Gasteiger charge is -2.17. The van der Waals surface area contributed by atoms with Crippen LogP contribution in [0.25, 0.3) is 10.9 Å². The number of hydrogen-bond acceptors (Lipinski definition) is 6. The highest BCUT2D eigenvalue weighted by atomic mass is 16.5. The van der Waals surface area contributed by atoms with Gasteiger partial charge < -0.3 is 19.5 Å². The Hall–Kier alpha value is -3.02. The van der Waals surface area contributed by atoms with Crippen LogP contribution in [0.1, 0.15) is 5.82 Å². The van der Waals surface area contributed by atoms with Gasteiger partial charge in [-0.2, -0.15) is 0 Å². The summed E-state index contributed by atoms with van der Waals surface area (Å²) in [4.78, 5) is 8.98. The Labute approximate surface area is 140 Å². The molecule has 0 atom stereocenters. The zero-order valence-electron chi connectivity index (χ0n) is 14.1. The third-order valence-electron chi connectivity index (χ3n) is 3.67. The van der Waals surface area contributed by atoms with Gasteiger partial charge in [-0.15, -0.1) is 0 Å². The van der Waals surface area contributed by atoms with Gasteiger partial charge in [-0.05, 0) is 19.1 Å². The number of ether oxygens (including phenoxy) is 3. The van der Waals surface area contributed by atoms with Crippen LogP contribution in [0, 0.1) is 6.92 Å². The number of aryl methyl sites for hydroxylation is 1. The van der Waals surface area contributed by atoms with Gasteiger partial charge in [0.1, 0.15) is 34.6 Å². The number of rotatable bonds is 5. The third kappa shape index (κ3) is 2.90. The van der Waals surface area contributed by atoms with Gasteiger partial charge in [0.25, 0.3) is 0 Å². The van der Waals surface area contributed by atoms with Gasteiger partial charge in [-0.25, -0.2) is 9.97 Å². The fourth-order valence-electron chi connectivity index (χ4n) is 2.54. The molecule has 0 aliphatic rings. The van der Waals surface area contributed by atoms with Crippen molar-refractivity contribution in [3.63, 3.8) is 0 Å². The number of hydrogen-bond donors (Lipinski definition) is 1. The first-order valence-corrected chi connectivity index (χ1v) is 7.46. The molecule has 0 spiro atoms. The number of nitrogens with one attached hydrogen (secondary N) is 1. The lowest BCUT2D eigenvalue weighted by Crippen LogP contribution is -2.03. The van der Waals surface area contributed by atoms with E-state index in [1.54, 1.807) is 33.5 Å². The fourth-order valence-corrected chi connectivity index (χ4v) is 2.54. The van der Waals surface area contributed by atoms with Crippen LogP contribution in [-0.4, -0.2) is 31.3 Å². The van der Waals surface area contributed by atoms with E-state index >= 15 is 0 Å². The smallest absolute Gasteiger partial charge is 0.149 e. The molecule has 3 rings (SSSR count). The lowest BCUT2D eigenvalue weighted by molar-refractivity contribution is 0.378. The van der Waals surface area contributed by atoms with E-state index in [1.165, 1.54) is 0 Å².